The van der Waals surface area contributed by atoms with Gasteiger partial charge in [-0.25, -0.2) is 0 Å². The highest BCUT2D eigenvalue weighted by Gasteiger charge is 2.33. The Labute approximate surface area is 85.3 Å². The van der Waals surface area contributed by atoms with Crippen molar-refractivity contribution in [3.05, 3.63) is 23.7 Å². The van der Waals surface area contributed by atoms with Crippen LogP contribution in [0.25, 0.3) is 5.65 Å². The summed E-state index contributed by atoms with van der Waals surface area (Å²) in [5.74, 6) is -2.53. The largest absolute Gasteiger partial charge is 0.541 e. The number of carboxylic acid groups (broad SMARTS) is 1. The van der Waals surface area contributed by atoms with Crippen LogP contribution in [0.15, 0.2) is 12.1 Å². The van der Waals surface area contributed by atoms with Crippen molar-refractivity contribution in [3.63, 3.8) is 0 Å². The number of rotatable bonds is 1. The topological polar surface area (TPSA) is 83.2 Å². The molecule has 0 N–H and O–H groups in total. The summed E-state index contributed by atoms with van der Waals surface area (Å²) in [5.41, 5.74) is -1.34. The molecule has 2 aromatic heterocycles. The number of halogens is 3. The minimum Gasteiger partial charge on any atom is -0.541 e. The molecule has 0 aromatic carbocycles. The molecule has 6 nitrogen and oxygen atoms in total. The number of carbonyl (C=O) groups excluding carboxylic acids is 1. The Bertz CT molecular complexity index is 562. The first kappa shape index (κ1) is 10.3. The van der Waals surface area contributed by atoms with Gasteiger partial charge in [0, 0.05) is 0 Å². The molecular formula is C7H2F3N4O2-. The molecule has 16 heavy (non-hydrogen) atoms. The Morgan fingerprint density at radius 1 is 1.31 bits per heavy atom. The van der Waals surface area contributed by atoms with Crippen LogP contribution in [-0.4, -0.2) is 25.8 Å². The predicted molar refractivity (Wildman–Crippen MR) is 40.1 cm³/mol. The van der Waals surface area contributed by atoms with E-state index in [2.05, 4.69) is 15.3 Å². The molecule has 0 saturated heterocycles. The molecular weight excluding hydrogens is 229 g/mol. The number of hydrogen-bond donors (Lipinski definition) is 0. The van der Waals surface area contributed by atoms with Crippen LogP contribution >= 0.6 is 0 Å². The lowest BCUT2D eigenvalue weighted by Gasteiger charge is -2.05. The predicted octanol–water partition coefficient (Wildman–Crippen LogP) is -0.493. The molecule has 0 aliphatic carbocycles. The summed E-state index contributed by atoms with van der Waals surface area (Å²) < 4.78 is 37.3. The molecule has 0 amide bonds. The molecule has 0 fully saturated rings. The number of hydrogen-bond acceptors (Lipinski definition) is 5. The number of alkyl halides is 3. The van der Waals surface area contributed by atoms with Crippen LogP contribution in [-0.2, 0) is 6.18 Å². The van der Waals surface area contributed by atoms with Gasteiger partial charge in [-0.2, -0.15) is 22.8 Å². The summed E-state index contributed by atoms with van der Waals surface area (Å²) in [6.45, 7) is 0. The van der Waals surface area contributed by atoms with Gasteiger partial charge in [0.1, 0.15) is 5.97 Å². The summed E-state index contributed by atoms with van der Waals surface area (Å²) in [4.78, 5) is 10.5. The fourth-order valence-corrected chi connectivity index (χ4v) is 1.07. The van der Waals surface area contributed by atoms with Gasteiger partial charge < -0.3 is 9.90 Å². The number of nitrogens with zero attached hydrogens (tertiary/aromatic N) is 4. The smallest absolute Gasteiger partial charge is 0.435 e. The van der Waals surface area contributed by atoms with Gasteiger partial charge in [-0.1, -0.05) is 0 Å². The normalized spacial score (nSPS) is 11.9. The van der Waals surface area contributed by atoms with Gasteiger partial charge in [-0.3, -0.25) is 0 Å². The quantitative estimate of drug-likeness (QED) is 0.661. The Balaban J connectivity index is 2.68. The lowest BCUT2D eigenvalue weighted by molar-refractivity contribution is -0.256. The van der Waals surface area contributed by atoms with Crippen LogP contribution in [0.1, 0.15) is 16.3 Å². The van der Waals surface area contributed by atoms with Crippen molar-refractivity contribution < 1.29 is 23.1 Å². The van der Waals surface area contributed by atoms with E-state index in [0.717, 1.165) is 6.07 Å². The maximum absolute atomic E-state index is 12.3. The van der Waals surface area contributed by atoms with Gasteiger partial charge in [0.05, 0.1) is 0 Å². The molecule has 0 unspecified atom stereocenters. The van der Waals surface area contributed by atoms with E-state index in [1.165, 1.54) is 0 Å². The molecule has 2 rings (SSSR count). The van der Waals surface area contributed by atoms with Crippen LogP contribution in [0.4, 0.5) is 13.2 Å². The second kappa shape index (κ2) is 3.15. The van der Waals surface area contributed by atoms with Crippen LogP contribution < -0.4 is 5.11 Å². The minimum atomic E-state index is -4.67. The van der Waals surface area contributed by atoms with Crippen LogP contribution in [0.3, 0.4) is 0 Å². The van der Waals surface area contributed by atoms with Gasteiger partial charge in [-0.05, 0) is 12.1 Å². The Morgan fingerprint density at radius 3 is 2.56 bits per heavy atom. The molecule has 0 spiro atoms. The van der Waals surface area contributed by atoms with Crippen molar-refractivity contribution in [3.8, 4) is 0 Å². The summed E-state index contributed by atoms with van der Waals surface area (Å²) in [5, 5.41) is 20.0. The number of carbonyl (C=O) groups is 1. The highest BCUT2D eigenvalue weighted by atomic mass is 19.4. The second-order valence-corrected chi connectivity index (χ2v) is 2.80. The maximum Gasteiger partial charge on any atom is 0.435 e. The molecule has 0 saturated carbocycles. The Morgan fingerprint density at radius 2 is 2.00 bits per heavy atom. The Hall–Kier alpha value is -2.19. The van der Waals surface area contributed by atoms with Crippen LogP contribution in [0.2, 0.25) is 0 Å². The third-order valence-corrected chi connectivity index (χ3v) is 1.74. The second-order valence-electron chi connectivity index (χ2n) is 2.80. The van der Waals surface area contributed by atoms with Crippen molar-refractivity contribution in [1.29, 1.82) is 0 Å². The summed E-state index contributed by atoms with van der Waals surface area (Å²) in [6.07, 6.45) is -4.67. The van der Waals surface area contributed by atoms with Gasteiger partial charge in [0.25, 0.3) is 0 Å². The lowest BCUT2D eigenvalue weighted by Crippen LogP contribution is -2.26. The molecule has 9 heteroatoms. The molecule has 2 aromatic rings. The van der Waals surface area contributed by atoms with Gasteiger partial charge in [-0.15, -0.1) is 10.2 Å². The van der Waals surface area contributed by atoms with Crippen molar-refractivity contribution in [2.24, 2.45) is 0 Å². The molecule has 0 aliphatic heterocycles. The zero-order chi connectivity index (χ0) is 11.9. The van der Waals surface area contributed by atoms with Gasteiger partial charge in [0.15, 0.2) is 11.3 Å². The molecule has 0 radical (unpaired) electrons. The van der Waals surface area contributed by atoms with E-state index in [1.807, 2.05) is 0 Å². The van der Waals surface area contributed by atoms with E-state index < -0.39 is 23.7 Å². The minimum absolute atomic E-state index is 0.104. The molecule has 0 bridgehead atoms. The van der Waals surface area contributed by atoms with E-state index >= 15 is 0 Å². The summed E-state index contributed by atoms with van der Waals surface area (Å²) in [7, 11) is 0. The lowest BCUT2D eigenvalue weighted by atomic mass is 10.4. The third kappa shape index (κ3) is 1.55. The summed E-state index contributed by atoms with van der Waals surface area (Å²) in [6, 6.07) is 1.65. The molecule has 2 heterocycles. The first-order valence-corrected chi connectivity index (χ1v) is 3.90. The van der Waals surface area contributed by atoms with E-state index in [1.54, 1.807) is 0 Å². The van der Waals surface area contributed by atoms with E-state index in [9.17, 15) is 23.1 Å². The fraction of sp³-hybridized carbons (Fsp3) is 0.143. The maximum atomic E-state index is 12.3. The zero-order valence-electron chi connectivity index (χ0n) is 7.39. The number of aromatic carboxylic acids is 1. The molecule has 84 valence electrons. The monoisotopic (exact) mass is 231 g/mol. The van der Waals surface area contributed by atoms with Gasteiger partial charge >= 0.3 is 6.18 Å². The number of carboxylic acids is 1. The SMILES string of the molecule is O=C([O-])c1nnc2ccc(C(F)(F)F)nn12. The first-order valence-electron chi connectivity index (χ1n) is 3.90. The average Bonchev–Trinajstić information content (AvgIpc) is 2.58. The standard InChI is InChI=1S/C7H3F3N4O2/c8-7(9,10)3-1-2-4-11-12-5(6(15)16)14(4)13-3/h1-2H,(H,15,16)/p-1. The van der Waals surface area contributed by atoms with Crippen molar-refractivity contribution >= 4 is 11.6 Å². The van der Waals surface area contributed by atoms with E-state index in [-0.39, 0.29) is 5.65 Å². The van der Waals surface area contributed by atoms with Crippen molar-refractivity contribution in [2.75, 3.05) is 0 Å². The first-order chi connectivity index (χ1) is 7.39. The zero-order valence-corrected chi connectivity index (χ0v) is 7.39. The Kier molecular flexibility index (Phi) is 2.04. The van der Waals surface area contributed by atoms with Gasteiger partial charge in [0.2, 0.25) is 5.82 Å². The average molecular weight is 231 g/mol. The highest BCUT2D eigenvalue weighted by Crippen LogP contribution is 2.27. The summed E-state index contributed by atoms with van der Waals surface area (Å²) >= 11 is 0. The third-order valence-electron chi connectivity index (χ3n) is 1.74. The van der Waals surface area contributed by atoms with Crippen molar-refractivity contribution in [1.82, 2.24) is 19.8 Å². The van der Waals surface area contributed by atoms with E-state index in [4.69, 9.17) is 0 Å². The number of aromatic nitrogens is 4. The van der Waals surface area contributed by atoms with E-state index in [0.29, 0.717) is 10.6 Å². The number of fused-ring (bicyclic) bond motifs is 1. The van der Waals surface area contributed by atoms with Crippen LogP contribution in [0.5, 0.6) is 0 Å². The molecule has 0 atom stereocenters. The van der Waals surface area contributed by atoms with Crippen LogP contribution in [0, 0.1) is 0 Å². The molecule has 0 aliphatic rings. The highest BCUT2D eigenvalue weighted by molar-refractivity contribution is 5.82. The fourth-order valence-electron chi connectivity index (χ4n) is 1.07. The van der Waals surface area contributed by atoms with Crippen molar-refractivity contribution in [2.45, 2.75) is 6.18 Å².